The first-order valence-electron chi connectivity index (χ1n) is 19.2. The molecule has 2 aliphatic heterocycles. The van der Waals surface area contributed by atoms with Gasteiger partial charge in [-0.2, -0.15) is 13.2 Å². The number of aliphatic hydroxyl groups is 1. The highest BCUT2D eigenvalue weighted by Crippen LogP contribution is 2.59. The van der Waals surface area contributed by atoms with Crippen molar-refractivity contribution in [3.8, 4) is 0 Å². The van der Waals surface area contributed by atoms with Gasteiger partial charge < -0.3 is 39.0 Å². The van der Waals surface area contributed by atoms with Crippen LogP contribution in [0.3, 0.4) is 0 Å². The number of aliphatic hydroxyl groups excluding tert-OH is 1. The van der Waals surface area contributed by atoms with Crippen molar-refractivity contribution in [3.63, 3.8) is 0 Å². The minimum Gasteiger partial charge on any atom is -0.460 e. The SMILES string of the molecule is CC(C)(C)OC(=O)CCC(CO)NC(=O)C1CCCN1C(=O)C1=CC2OC(C3CC3)(C3CC3)OC2C(OC(=O)c2cccc(C=CC(=O)OCC(F)(F)F)c2)C1. The molecular weight excluding hydrogens is 741 g/mol. The minimum atomic E-state index is -4.67. The van der Waals surface area contributed by atoms with Gasteiger partial charge in [0.25, 0.3) is 0 Å². The van der Waals surface area contributed by atoms with Gasteiger partial charge in [-0.05, 0) is 95.6 Å². The van der Waals surface area contributed by atoms with Crippen LogP contribution in [0.25, 0.3) is 6.08 Å². The van der Waals surface area contributed by atoms with Crippen LogP contribution in [0.5, 0.6) is 0 Å². The van der Waals surface area contributed by atoms with Crippen LogP contribution < -0.4 is 5.32 Å². The van der Waals surface area contributed by atoms with Crippen molar-refractivity contribution in [3.05, 3.63) is 53.1 Å². The molecule has 13 nitrogen and oxygen atoms in total. The topological polar surface area (TPSA) is 167 Å². The molecule has 56 heavy (non-hydrogen) atoms. The van der Waals surface area contributed by atoms with Gasteiger partial charge in [0, 0.05) is 42.9 Å². The molecule has 16 heteroatoms. The number of benzene rings is 1. The smallest absolute Gasteiger partial charge is 0.422 e. The highest BCUT2D eigenvalue weighted by molar-refractivity contribution is 5.98. The number of likely N-dealkylation sites (tertiary alicyclic amines) is 1. The fraction of sp³-hybridized carbons (Fsp3) is 0.625. The van der Waals surface area contributed by atoms with E-state index in [2.05, 4.69) is 10.1 Å². The minimum absolute atomic E-state index is 0.0160. The van der Waals surface area contributed by atoms with Crippen LogP contribution in [0.15, 0.2) is 42.0 Å². The molecule has 1 aromatic carbocycles. The van der Waals surface area contributed by atoms with E-state index in [1.165, 1.54) is 29.2 Å². The zero-order chi connectivity index (χ0) is 40.4. The molecule has 2 N–H and O–H groups in total. The van der Waals surface area contributed by atoms with Gasteiger partial charge in [-0.25, -0.2) is 9.59 Å². The van der Waals surface area contributed by atoms with Crippen LogP contribution >= 0.6 is 0 Å². The van der Waals surface area contributed by atoms with Crippen molar-refractivity contribution in [2.24, 2.45) is 11.8 Å². The van der Waals surface area contributed by atoms with Crippen LogP contribution in [0.2, 0.25) is 0 Å². The van der Waals surface area contributed by atoms with Gasteiger partial charge in [-0.3, -0.25) is 14.4 Å². The second kappa shape index (κ2) is 16.7. The first-order chi connectivity index (χ1) is 26.4. The third kappa shape index (κ3) is 10.4. The summed E-state index contributed by atoms with van der Waals surface area (Å²) in [5.74, 6) is -3.79. The lowest BCUT2D eigenvalue weighted by Gasteiger charge is -2.33. The number of amides is 2. The van der Waals surface area contributed by atoms with Gasteiger partial charge in [-0.1, -0.05) is 12.1 Å². The Bertz CT molecular complexity index is 1720. The maximum Gasteiger partial charge on any atom is 0.422 e. The standard InChI is InChI=1S/C40H49F3N2O11/c1-38(2,3)55-33(48)16-14-28(21-46)44-35(49)29-8-5-17-45(29)36(50)25-19-30(34-31(20-25)54-40(56-34,26-10-11-26)27-12-13-27)53-37(51)24-7-4-6-23(18-24)9-15-32(47)52-22-39(41,42)43/h4,6-7,9,15,18,20,26-31,34,46H,5,8,10-14,16-17,19,21-22H2,1-3H3,(H,44,49). The Kier molecular flexibility index (Phi) is 12.3. The van der Waals surface area contributed by atoms with Crippen molar-refractivity contribution >= 4 is 35.8 Å². The summed E-state index contributed by atoms with van der Waals surface area (Å²) in [5.41, 5.74) is 0.0406. The predicted octanol–water partition coefficient (Wildman–Crippen LogP) is 4.55. The van der Waals surface area contributed by atoms with Crippen LogP contribution in [-0.4, -0.2) is 107 Å². The molecule has 0 radical (unpaired) electrons. The number of hydrogen-bond donors (Lipinski definition) is 2. The number of alkyl halides is 3. The van der Waals surface area contributed by atoms with E-state index in [1.807, 2.05) is 0 Å². The van der Waals surface area contributed by atoms with E-state index in [9.17, 15) is 42.3 Å². The second-order valence-corrected chi connectivity index (χ2v) is 16.1. The molecule has 6 rings (SSSR count). The summed E-state index contributed by atoms with van der Waals surface area (Å²) in [6, 6.07) is 4.38. The largest absolute Gasteiger partial charge is 0.460 e. The fourth-order valence-electron chi connectivity index (χ4n) is 7.56. The average molecular weight is 791 g/mol. The van der Waals surface area contributed by atoms with Crippen molar-refractivity contribution in [1.29, 1.82) is 0 Å². The number of halogens is 3. The van der Waals surface area contributed by atoms with E-state index in [4.69, 9.17) is 18.9 Å². The number of ether oxygens (including phenoxy) is 5. The molecule has 2 saturated carbocycles. The molecule has 1 aromatic rings. The van der Waals surface area contributed by atoms with Crippen LogP contribution in [-0.2, 0) is 42.9 Å². The van der Waals surface area contributed by atoms with Gasteiger partial charge in [0.05, 0.1) is 18.2 Å². The molecule has 5 unspecified atom stereocenters. The van der Waals surface area contributed by atoms with E-state index < -0.39 is 90.9 Å². The molecule has 306 valence electrons. The molecule has 4 fully saturated rings. The molecule has 0 bridgehead atoms. The van der Waals surface area contributed by atoms with Gasteiger partial charge in [0.2, 0.25) is 11.8 Å². The molecule has 2 saturated heterocycles. The lowest BCUT2D eigenvalue weighted by Crippen LogP contribution is -2.51. The van der Waals surface area contributed by atoms with E-state index in [0.717, 1.165) is 31.8 Å². The molecule has 2 heterocycles. The Morgan fingerprint density at radius 1 is 1.05 bits per heavy atom. The Labute approximate surface area is 322 Å². The summed E-state index contributed by atoms with van der Waals surface area (Å²) >= 11 is 0. The number of fused-ring (bicyclic) bond motifs is 1. The number of esters is 3. The number of carbonyl (C=O) groups excluding carboxylic acids is 5. The molecule has 2 amide bonds. The van der Waals surface area contributed by atoms with Gasteiger partial charge in [0.15, 0.2) is 12.4 Å². The molecule has 0 spiro atoms. The number of carbonyl (C=O) groups is 5. The van der Waals surface area contributed by atoms with E-state index >= 15 is 0 Å². The summed E-state index contributed by atoms with van der Waals surface area (Å²) in [6.45, 7) is 3.40. The normalized spacial score (nSPS) is 25.3. The number of rotatable bonds is 14. The third-order valence-corrected chi connectivity index (χ3v) is 10.4. The van der Waals surface area contributed by atoms with Crippen molar-refractivity contribution in [2.75, 3.05) is 19.8 Å². The predicted molar refractivity (Wildman–Crippen MR) is 191 cm³/mol. The molecule has 0 aromatic heterocycles. The lowest BCUT2D eigenvalue weighted by atomic mass is 9.91. The molecular formula is C40H49F3N2O11. The van der Waals surface area contributed by atoms with Gasteiger partial charge in [-0.15, -0.1) is 0 Å². The summed E-state index contributed by atoms with van der Waals surface area (Å²) in [4.78, 5) is 66.9. The van der Waals surface area contributed by atoms with Crippen LogP contribution in [0.4, 0.5) is 13.2 Å². The maximum atomic E-state index is 14.3. The monoisotopic (exact) mass is 790 g/mol. The van der Waals surface area contributed by atoms with E-state index in [-0.39, 0.29) is 36.7 Å². The van der Waals surface area contributed by atoms with Gasteiger partial charge >= 0.3 is 24.1 Å². The quantitative estimate of drug-likeness (QED) is 0.154. The number of nitrogens with zero attached hydrogens (tertiary/aromatic N) is 1. The first-order valence-corrected chi connectivity index (χ1v) is 19.2. The molecule has 5 atom stereocenters. The summed E-state index contributed by atoms with van der Waals surface area (Å²) in [6.07, 6.45) is 1.48. The van der Waals surface area contributed by atoms with Crippen molar-refractivity contribution in [2.45, 2.75) is 127 Å². The zero-order valence-electron chi connectivity index (χ0n) is 31.7. The molecule has 5 aliphatic rings. The average Bonchev–Trinajstić information content (AvgIpc) is 4.08. The zero-order valence-corrected chi connectivity index (χ0v) is 31.7. The van der Waals surface area contributed by atoms with Gasteiger partial charge in [0.1, 0.15) is 30.0 Å². The second-order valence-electron chi connectivity index (χ2n) is 16.1. The number of nitrogens with one attached hydrogen (secondary N) is 1. The summed E-state index contributed by atoms with van der Waals surface area (Å²) in [5, 5.41) is 12.8. The Hall–Kier alpha value is -4.28. The summed E-state index contributed by atoms with van der Waals surface area (Å²) < 4.78 is 66.2. The first kappa shape index (κ1) is 41.4. The van der Waals surface area contributed by atoms with E-state index in [0.29, 0.717) is 30.5 Å². The van der Waals surface area contributed by atoms with E-state index in [1.54, 1.807) is 32.9 Å². The van der Waals surface area contributed by atoms with Crippen LogP contribution in [0, 0.1) is 11.8 Å². The maximum absolute atomic E-state index is 14.3. The Balaban J connectivity index is 1.15. The Morgan fingerprint density at radius 3 is 2.41 bits per heavy atom. The fourth-order valence-corrected chi connectivity index (χ4v) is 7.56. The Morgan fingerprint density at radius 2 is 1.77 bits per heavy atom. The number of hydrogen-bond acceptors (Lipinski definition) is 11. The molecule has 3 aliphatic carbocycles. The highest BCUT2D eigenvalue weighted by Gasteiger charge is 2.64. The third-order valence-electron chi connectivity index (χ3n) is 10.4. The van der Waals surface area contributed by atoms with Crippen molar-refractivity contribution in [1.82, 2.24) is 10.2 Å². The van der Waals surface area contributed by atoms with Crippen molar-refractivity contribution < 1.29 is 65.9 Å². The highest BCUT2D eigenvalue weighted by atomic mass is 19.4. The lowest BCUT2D eigenvalue weighted by molar-refractivity contribution is -0.209. The van der Waals surface area contributed by atoms with Crippen LogP contribution in [0.1, 0.15) is 94.5 Å². The summed E-state index contributed by atoms with van der Waals surface area (Å²) in [7, 11) is 0.